The Hall–Kier alpha value is -1.20. The molecule has 0 bridgehead atoms. The number of nitrogens with zero attached hydrogens (tertiary/aromatic N) is 2. The van der Waals surface area contributed by atoms with Crippen LogP contribution in [-0.4, -0.2) is 22.6 Å². The van der Waals surface area contributed by atoms with Gasteiger partial charge in [-0.25, -0.2) is 9.97 Å². The van der Waals surface area contributed by atoms with Crippen LogP contribution in [0.3, 0.4) is 0 Å². The van der Waals surface area contributed by atoms with Gasteiger partial charge in [0.15, 0.2) is 0 Å². The number of thiophene rings is 1. The number of rotatable bonds is 5. The fraction of sp³-hybridized carbons (Fsp3) is 0.500. The summed E-state index contributed by atoms with van der Waals surface area (Å²) in [4.78, 5) is 11.0. The number of fused-ring (bicyclic) bond motifs is 1. The molecule has 0 aliphatic carbocycles. The lowest BCUT2D eigenvalue weighted by molar-refractivity contribution is 0.701. The Bertz CT molecular complexity index is 490. The predicted octanol–water partition coefficient (Wildman–Crippen LogP) is 2.40. The molecular formula is C12H18N4S. The van der Waals surface area contributed by atoms with Crippen molar-refractivity contribution in [1.82, 2.24) is 9.97 Å². The first-order valence-electron chi connectivity index (χ1n) is 5.98. The maximum atomic E-state index is 5.70. The Morgan fingerprint density at radius 3 is 2.88 bits per heavy atom. The first kappa shape index (κ1) is 12.3. The topological polar surface area (TPSA) is 63.8 Å². The molecule has 2 aromatic rings. The van der Waals surface area contributed by atoms with Gasteiger partial charge in [0.2, 0.25) is 0 Å². The minimum atomic E-state index is 0.276. The van der Waals surface area contributed by atoms with E-state index in [9.17, 15) is 0 Å². The van der Waals surface area contributed by atoms with Crippen molar-refractivity contribution in [3.63, 3.8) is 0 Å². The van der Waals surface area contributed by atoms with Crippen LogP contribution in [0.4, 0.5) is 5.82 Å². The van der Waals surface area contributed by atoms with Gasteiger partial charge in [-0.05, 0) is 18.9 Å². The van der Waals surface area contributed by atoms with Crippen LogP contribution in [0.2, 0.25) is 0 Å². The molecule has 2 heterocycles. The van der Waals surface area contributed by atoms with Gasteiger partial charge < -0.3 is 11.1 Å². The Labute approximate surface area is 105 Å². The molecule has 0 aliphatic rings. The van der Waals surface area contributed by atoms with Crippen LogP contribution in [0.25, 0.3) is 10.2 Å². The maximum absolute atomic E-state index is 5.70. The standard InChI is InChI=1S/C12H18N4S/c1-3-8(6-13)16-11-10-5-9(4-2)17-12(10)15-7-14-11/h5,7-8H,3-4,6,13H2,1-2H3,(H,14,15,16). The second-order valence-electron chi connectivity index (χ2n) is 3.99. The van der Waals surface area contributed by atoms with Crippen molar-refractivity contribution in [3.8, 4) is 0 Å². The van der Waals surface area contributed by atoms with E-state index in [1.54, 1.807) is 17.7 Å². The quantitative estimate of drug-likeness (QED) is 0.855. The molecule has 0 fully saturated rings. The van der Waals surface area contributed by atoms with Crippen molar-refractivity contribution in [2.24, 2.45) is 5.73 Å². The third-order valence-electron chi connectivity index (χ3n) is 2.85. The lowest BCUT2D eigenvalue weighted by atomic mass is 10.2. The zero-order valence-electron chi connectivity index (χ0n) is 10.2. The Morgan fingerprint density at radius 2 is 2.24 bits per heavy atom. The third kappa shape index (κ3) is 2.56. The van der Waals surface area contributed by atoms with E-state index < -0.39 is 0 Å². The molecule has 1 atom stereocenters. The summed E-state index contributed by atoms with van der Waals surface area (Å²) in [5.41, 5.74) is 5.70. The minimum Gasteiger partial charge on any atom is -0.365 e. The number of aromatic nitrogens is 2. The molecule has 1 unspecified atom stereocenters. The largest absolute Gasteiger partial charge is 0.365 e. The summed E-state index contributed by atoms with van der Waals surface area (Å²) in [6.45, 7) is 4.89. The van der Waals surface area contributed by atoms with Crippen molar-refractivity contribution in [1.29, 1.82) is 0 Å². The average Bonchev–Trinajstić information content (AvgIpc) is 2.79. The summed E-state index contributed by atoms with van der Waals surface area (Å²) in [5.74, 6) is 0.906. The molecule has 0 saturated heterocycles. The van der Waals surface area contributed by atoms with Gasteiger partial charge >= 0.3 is 0 Å². The van der Waals surface area contributed by atoms with Gasteiger partial charge in [-0.15, -0.1) is 11.3 Å². The van der Waals surface area contributed by atoms with E-state index >= 15 is 0 Å². The molecule has 0 radical (unpaired) electrons. The molecule has 17 heavy (non-hydrogen) atoms. The smallest absolute Gasteiger partial charge is 0.138 e. The summed E-state index contributed by atoms with van der Waals surface area (Å²) >= 11 is 1.73. The van der Waals surface area contributed by atoms with Crippen LogP contribution in [0.15, 0.2) is 12.4 Å². The Morgan fingerprint density at radius 1 is 1.41 bits per heavy atom. The number of aryl methyl sites for hydroxylation is 1. The molecule has 92 valence electrons. The SMILES string of the molecule is CCc1cc2c(NC(CC)CN)ncnc2s1. The van der Waals surface area contributed by atoms with Crippen molar-refractivity contribution in [2.75, 3.05) is 11.9 Å². The van der Waals surface area contributed by atoms with Crippen LogP contribution in [0.5, 0.6) is 0 Å². The Balaban J connectivity index is 2.36. The zero-order chi connectivity index (χ0) is 12.3. The molecule has 0 aliphatic heterocycles. The zero-order valence-corrected chi connectivity index (χ0v) is 11.0. The molecule has 0 amide bonds. The summed E-state index contributed by atoms with van der Waals surface area (Å²) < 4.78 is 0. The van der Waals surface area contributed by atoms with Crippen LogP contribution in [0.1, 0.15) is 25.1 Å². The van der Waals surface area contributed by atoms with Crippen LogP contribution >= 0.6 is 11.3 Å². The lowest BCUT2D eigenvalue weighted by Crippen LogP contribution is -2.28. The molecule has 2 rings (SSSR count). The van der Waals surface area contributed by atoms with Gasteiger partial charge in [-0.3, -0.25) is 0 Å². The summed E-state index contributed by atoms with van der Waals surface area (Å²) in [5, 5.41) is 4.50. The first-order chi connectivity index (χ1) is 8.28. The fourth-order valence-corrected chi connectivity index (χ4v) is 2.65. The predicted molar refractivity (Wildman–Crippen MR) is 73.5 cm³/mol. The molecule has 0 spiro atoms. The molecule has 4 nitrogen and oxygen atoms in total. The highest BCUT2D eigenvalue weighted by Crippen LogP contribution is 2.28. The first-order valence-corrected chi connectivity index (χ1v) is 6.80. The summed E-state index contributed by atoms with van der Waals surface area (Å²) in [6.07, 6.45) is 3.64. The van der Waals surface area contributed by atoms with Gasteiger partial charge in [0, 0.05) is 17.5 Å². The number of anilines is 1. The third-order valence-corrected chi connectivity index (χ3v) is 4.03. The molecule has 0 saturated carbocycles. The highest BCUT2D eigenvalue weighted by Gasteiger charge is 2.10. The minimum absolute atomic E-state index is 0.276. The van der Waals surface area contributed by atoms with E-state index in [1.165, 1.54) is 4.88 Å². The lowest BCUT2D eigenvalue weighted by Gasteiger charge is -2.15. The second kappa shape index (κ2) is 5.42. The van der Waals surface area contributed by atoms with Crippen LogP contribution < -0.4 is 11.1 Å². The van der Waals surface area contributed by atoms with Crippen LogP contribution in [-0.2, 0) is 6.42 Å². The number of nitrogens with two attached hydrogens (primary N) is 1. The number of hydrogen-bond acceptors (Lipinski definition) is 5. The highest BCUT2D eigenvalue weighted by molar-refractivity contribution is 7.18. The average molecular weight is 250 g/mol. The van der Waals surface area contributed by atoms with E-state index in [0.717, 1.165) is 28.9 Å². The number of nitrogens with one attached hydrogen (secondary N) is 1. The van der Waals surface area contributed by atoms with Crippen molar-refractivity contribution in [2.45, 2.75) is 32.7 Å². The van der Waals surface area contributed by atoms with E-state index in [4.69, 9.17) is 5.73 Å². The van der Waals surface area contributed by atoms with Gasteiger partial charge in [0.25, 0.3) is 0 Å². The van der Waals surface area contributed by atoms with Crippen molar-refractivity contribution < 1.29 is 0 Å². The Kier molecular flexibility index (Phi) is 3.91. The van der Waals surface area contributed by atoms with Gasteiger partial charge in [-0.1, -0.05) is 13.8 Å². The van der Waals surface area contributed by atoms with Gasteiger partial charge in [0.1, 0.15) is 17.0 Å². The van der Waals surface area contributed by atoms with E-state index in [1.807, 2.05) is 0 Å². The molecule has 5 heteroatoms. The molecule has 3 N–H and O–H groups in total. The summed E-state index contributed by atoms with van der Waals surface area (Å²) in [7, 11) is 0. The normalized spacial score (nSPS) is 12.9. The summed E-state index contributed by atoms with van der Waals surface area (Å²) in [6, 6.07) is 2.45. The fourth-order valence-electron chi connectivity index (χ4n) is 1.72. The monoisotopic (exact) mass is 250 g/mol. The van der Waals surface area contributed by atoms with Gasteiger partial charge in [-0.2, -0.15) is 0 Å². The van der Waals surface area contributed by atoms with Crippen molar-refractivity contribution >= 4 is 27.4 Å². The van der Waals surface area contributed by atoms with E-state index in [2.05, 4.69) is 35.2 Å². The van der Waals surface area contributed by atoms with Crippen molar-refractivity contribution in [3.05, 3.63) is 17.3 Å². The molecular weight excluding hydrogens is 232 g/mol. The van der Waals surface area contributed by atoms with Crippen LogP contribution in [0, 0.1) is 0 Å². The molecule has 2 aromatic heterocycles. The van der Waals surface area contributed by atoms with E-state index in [-0.39, 0.29) is 6.04 Å². The highest BCUT2D eigenvalue weighted by atomic mass is 32.1. The molecule has 0 aromatic carbocycles. The van der Waals surface area contributed by atoms with E-state index in [0.29, 0.717) is 6.54 Å². The maximum Gasteiger partial charge on any atom is 0.138 e. The van der Waals surface area contributed by atoms with Gasteiger partial charge in [0.05, 0.1) is 5.39 Å². The number of hydrogen-bond donors (Lipinski definition) is 2. The second-order valence-corrected chi connectivity index (χ2v) is 5.11.